The number of phenolic OH excluding ortho intramolecular Hbond substituents is 1. The fourth-order valence-corrected chi connectivity index (χ4v) is 4.70. The zero-order valence-electron chi connectivity index (χ0n) is 20.0. The van der Waals surface area contributed by atoms with Crippen LogP contribution in [-0.4, -0.2) is 35.3 Å². The topological polar surface area (TPSA) is 92.6 Å². The summed E-state index contributed by atoms with van der Waals surface area (Å²) in [5.41, 5.74) is -7.37. The van der Waals surface area contributed by atoms with Gasteiger partial charge in [0, 0.05) is 28.3 Å². The molecule has 0 amide bonds. The summed E-state index contributed by atoms with van der Waals surface area (Å²) in [5.74, 6) is 4.00. The molecule has 0 fully saturated rings. The predicted molar refractivity (Wildman–Crippen MR) is 131 cm³/mol. The van der Waals surface area contributed by atoms with Crippen LogP contribution in [0, 0.1) is 11.8 Å². The average molecular weight is 609 g/mol. The molecule has 0 saturated carbocycles. The van der Waals surface area contributed by atoms with Crippen molar-refractivity contribution in [3.05, 3.63) is 82.5 Å². The molecular formula is C25H16F9N3O3S. The fourth-order valence-electron chi connectivity index (χ4n) is 3.73. The number of aromatic hydroxyl groups is 1. The molecule has 218 valence electrons. The van der Waals surface area contributed by atoms with E-state index < -0.39 is 74.3 Å². The molecule has 1 aliphatic heterocycles. The van der Waals surface area contributed by atoms with E-state index in [4.69, 9.17) is 0 Å². The summed E-state index contributed by atoms with van der Waals surface area (Å²) in [4.78, 5) is 0. The Bertz CT molecular complexity index is 1560. The van der Waals surface area contributed by atoms with E-state index >= 15 is 0 Å². The number of nitrogens with zero attached hydrogens (tertiary/aromatic N) is 2. The van der Waals surface area contributed by atoms with Gasteiger partial charge in [0.05, 0.1) is 23.4 Å². The van der Waals surface area contributed by atoms with Gasteiger partial charge in [-0.1, -0.05) is 22.6 Å². The van der Waals surface area contributed by atoms with Crippen molar-refractivity contribution in [1.29, 1.82) is 0 Å². The van der Waals surface area contributed by atoms with Crippen LogP contribution < -0.4 is 0 Å². The quantitative estimate of drug-likeness (QED) is 0.179. The van der Waals surface area contributed by atoms with Crippen LogP contribution in [0.1, 0.15) is 22.4 Å². The molecule has 0 spiro atoms. The molecule has 0 bridgehead atoms. The van der Waals surface area contributed by atoms with Crippen LogP contribution in [0.15, 0.2) is 60.2 Å². The number of halogens is 9. The highest BCUT2D eigenvalue weighted by molar-refractivity contribution is 8.24. The van der Waals surface area contributed by atoms with Crippen LogP contribution in [0.4, 0.5) is 39.5 Å². The van der Waals surface area contributed by atoms with E-state index in [2.05, 4.69) is 16.9 Å². The van der Waals surface area contributed by atoms with Gasteiger partial charge in [-0.05, 0) is 54.1 Å². The standard InChI is InChI=1S/C25H16F9N3O3S/c26-23(27,28)16-10-15(11-17(12-16)24(29,30)31)21-14(4-3-8-37-7-1-2-9-41(37,39)40)5-6-18(22(21)38)19-13-20(36-35-19)25(32,33)34/h1-2,5-7,9-13,38-40H,8H2,(H,35,36). The van der Waals surface area contributed by atoms with Crippen LogP contribution in [0.25, 0.3) is 22.4 Å². The third kappa shape index (κ3) is 6.47. The Labute approximate surface area is 226 Å². The van der Waals surface area contributed by atoms with Crippen molar-refractivity contribution in [3.63, 3.8) is 0 Å². The molecule has 1 aliphatic rings. The first-order chi connectivity index (χ1) is 18.9. The Kier molecular flexibility index (Phi) is 7.58. The molecule has 4 N–H and O–H groups in total. The number of allylic oxidation sites excluding steroid dienone is 2. The Hall–Kier alpha value is -4.07. The molecule has 6 nitrogen and oxygen atoms in total. The van der Waals surface area contributed by atoms with E-state index in [1.807, 2.05) is 5.10 Å². The summed E-state index contributed by atoms with van der Waals surface area (Å²) in [6, 6.07) is 3.17. The number of aromatic nitrogens is 2. The molecule has 41 heavy (non-hydrogen) atoms. The van der Waals surface area contributed by atoms with Gasteiger partial charge in [-0.15, -0.1) is 0 Å². The summed E-state index contributed by atoms with van der Waals surface area (Å²) in [6.45, 7) is -0.364. The second-order valence-electron chi connectivity index (χ2n) is 8.45. The minimum Gasteiger partial charge on any atom is -0.507 e. The lowest BCUT2D eigenvalue weighted by Gasteiger charge is -2.39. The average Bonchev–Trinajstić information content (AvgIpc) is 3.34. The Morgan fingerprint density at radius 1 is 0.854 bits per heavy atom. The normalized spacial score (nSPS) is 15.9. The minimum absolute atomic E-state index is 0.124. The van der Waals surface area contributed by atoms with Crippen molar-refractivity contribution in [1.82, 2.24) is 14.5 Å². The van der Waals surface area contributed by atoms with Crippen molar-refractivity contribution in [2.24, 2.45) is 0 Å². The highest BCUT2D eigenvalue weighted by atomic mass is 32.3. The van der Waals surface area contributed by atoms with E-state index in [1.54, 1.807) is 0 Å². The van der Waals surface area contributed by atoms with Gasteiger partial charge in [-0.25, -0.2) is 0 Å². The van der Waals surface area contributed by atoms with Crippen LogP contribution >= 0.6 is 10.8 Å². The molecule has 2 aromatic carbocycles. The third-order valence-corrected chi connectivity index (χ3v) is 7.10. The maximum Gasteiger partial charge on any atom is 0.435 e. The van der Waals surface area contributed by atoms with Crippen LogP contribution in [0.2, 0.25) is 0 Å². The summed E-state index contributed by atoms with van der Waals surface area (Å²) in [6.07, 6.45) is -11.3. The van der Waals surface area contributed by atoms with Crippen molar-refractivity contribution < 1.29 is 53.7 Å². The Balaban J connectivity index is 1.92. The van der Waals surface area contributed by atoms with Gasteiger partial charge in [-0.3, -0.25) is 18.5 Å². The molecule has 1 aromatic heterocycles. The number of rotatable bonds is 3. The van der Waals surface area contributed by atoms with Crippen LogP contribution in [-0.2, 0) is 18.5 Å². The van der Waals surface area contributed by atoms with Gasteiger partial charge < -0.3 is 5.11 Å². The molecule has 0 saturated heterocycles. The summed E-state index contributed by atoms with van der Waals surface area (Å²) in [7, 11) is -3.38. The van der Waals surface area contributed by atoms with Gasteiger partial charge >= 0.3 is 18.5 Å². The number of benzene rings is 2. The highest BCUT2D eigenvalue weighted by Crippen LogP contribution is 2.47. The third-order valence-electron chi connectivity index (χ3n) is 5.64. The zero-order valence-corrected chi connectivity index (χ0v) is 20.8. The van der Waals surface area contributed by atoms with Crippen LogP contribution in [0.3, 0.4) is 0 Å². The monoisotopic (exact) mass is 609 g/mol. The first kappa shape index (κ1) is 29.9. The largest absolute Gasteiger partial charge is 0.507 e. The number of hydrogen-bond donors (Lipinski definition) is 4. The second kappa shape index (κ2) is 10.4. The first-order valence-electron chi connectivity index (χ1n) is 11.1. The highest BCUT2D eigenvalue weighted by Gasteiger charge is 2.38. The predicted octanol–water partition coefficient (Wildman–Crippen LogP) is 7.87. The molecule has 0 aliphatic carbocycles. The molecule has 4 rings (SSSR count). The lowest BCUT2D eigenvalue weighted by Crippen LogP contribution is -2.22. The maximum absolute atomic E-state index is 13.6. The molecule has 3 aromatic rings. The lowest BCUT2D eigenvalue weighted by molar-refractivity contribution is -0.143. The molecule has 0 radical (unpaired) electrons. The summed E-state index contributed by atoms with van der Waals surface area (Å²) >= 11 is 0. The van der Waals surface area contributed by atoms with Gasteiger partial charge in [0.25, 0.3) is 0 Å². The fraction of sp³-hybridized carbons (Fsp3) is 0.160. The smallest absolute Gasteiger partial charge is 0.435 e. The van der Waals surface area contributed by atoms with Gasteiger partial charge in [0.2, 0.25) is 0 Å². The molecule has 0 atom stereocenters. The number of alkyl halides is 9. The lowest BCUT2D eigenvalue weighted by atomic mass is 9.92. The number of nitrogens with one attached hydrogen (secondary N) is 1. The minimum atomic E-state index is -5.23. The van der Waals surface area contributed by atoms with Gasteiger partial charge in [0.1, 0.15) is 5.75 Å². The van der Waals surface area contributed by atoms with E-state index in [-0.39, 0.29) is 18.2 Å². The second-order valence-corrected chi connectivity index (χ2v) is 10.3. The van der Waals surface area contributed by atoms with Crippen molar-refractivity contribution in [2.45, 2.75) is 18.5 Å². The molecule has 16 heteroatoms. The van der Waals surface area contributed by atoms with Gasteiger partial charge in [-0.2, -0.15) is 44.6 Å². The van der Waals surface area contributed by atoms with Crippen molar-refractivity contribution >= 4 is 10.8 Å². The van der Waals surface area contributed by atoms with Crippen molar-refractivity contribution in [2.75, 3.05) is 6.54 Å². The zero-order chi connectivity index (χ0) is 30.4. The number of H-pyrrole nitrogens is 1. The van der Waals surface area contributed by atoms with E-state index in [0.717, 1.165) is 21.8 Å². The number of aromatic amines is 1. The Morgan fingerprint density at radius 2 is 1.49 bits per heavy atom. The first-order valence-corrected chi connectivity index (χ1v) is 12.6. The van der Waals surface area contributed by atoms with Crippen LogP contribution in [0.5, 0.6) is 5.75 Å². The van der Waals surface area contributed by atoms with Gasteiger partial charge in [0.15, 0.2) is 5.69 Å². The van der Waals surface area contributed by atoms with E-state index in [9.17, 15) is 53.7 Å². The summed E-state index contributed by atoms with van der Waals surface area (Å²) < 4.78 is 142. The molecule has 0 unspecified atom stereocenters. The summed E-state index contributed by atoms with van der Waals surface area (Å²) in [5, 5.41) is 17.2. The number of phenols is 1. The molecule has 2 heterocycles. The van der Waals surface area contributed by atoms with E-state index in [0.29, 0.717) is 18.2 Å². The maximum atomic E-state index is 13.6. The van der Waals surface area contributed by atoms with E-state index in [1.165, 1.54) is 18.4 Å². The molecular weight excluding hydrogens is 593 g/mol. The van der Waals surface area contributed by atoms with Crippen molar-refractivity contribution in [3.8, 4) is 40.0 Å². The SMILES string of the molecule is Oc1c(-c2cc(C(F)(F)F)n[nH]2)ccc(C#CCN2C=CC=CS2(O)O)c1-c1cc(C(F)(F)F)cc(C(F)(F)F)c1. The number of hydrogen-bond acceptors (Lipinski definition) is 5. The Morgan fingerprint density at radius 3 is 2.02 bits per heavy atom.